The molecule has 2 aliphatic heterocycles. The van der Waals surface area contributed by atoms with Crippen molar-refractivity contribution in [1.82, 2.24) is 30.4 Å². The largest absolute Gasteiger partial charge is 0.356 e. The standard InChI is InChI=1S/C26H35N9O/c1-17-12-22(29-23-14-18(2)31-32-23)30-25(13-17)34-10-11-35(19(3)16-34)26(36)28-20(4)21-6-7-24(27-15-21)33-8-5-9-33/h6-7,12-15,19-20H,5,8-11,16H2,1-4H3,(H,28,36)(H2,29,30,31,32)/t19?,20-/m0/s1. The van der Waals surface area contributed by atoms with Crippen LogP contribution in [0.1, 0.15) is 43.1 Å². The number of urea groups is 1. The van der Waals surface area contributed by atoms with Crippen molar-refractivity contribution in [3.8, 4) is 0 Å². The molecule has 5 rings (SSSR count). The van der Waals surface area contributed by atoms with Crippen LogP contribution in [0.4, 0.5) is 28.1 Å². The van der Waals surface area contributed by atoms with E-state index in [1.165, 1.54) is 6.42 Å². The molecule has 3 aromatic rings. The second-order valence-corrected chi connectivity index (χ2v) is 9.90. The van der Waals surface area contributed by atoms with Crippen molar-refractivity contribution in [3.63, 3.8) is 0 Å². The fraction of sp³-hybridized carbons (Fsp3) is 0.462. The van der Waals surface area contributed by atoms with Crippen molar-refractivity contribution in [1.29, 1.82) is 0 Å². The first-order chi connectivity index (χ1) is 17.4. The van der Waals surface area contributed by atoms with Gasteiger partial charge in [0, 0.05) is 56.7 Å². The van der Waals surface area contributed by atoms with E-state index in [1.807, 2.05) is 43.1 Å². The molecule has 2 aliphatic rings. The molecule has 2 saturated heterocycles. The van der Waals surface area contributed by atoms with Crippen LogP contribution in [0.3, 0.4) is 0 Å². The highest BCUT2D eigenvalue weighted by molar-refractivity contribution is 5.75. The zero-order valence-electron chi connectivity index (χ0n) is 21.5. The van der Waals surface area contributed by atoms with E-state index in [-0.39, 0.29) is 18.1 Å². The molecule has 2 amide bonds. The van der Waals surface area contributed by atoms with Gasteiger partial charge in [-0.05, 0) is 63.4 Å². The zero-order valence-corrected chi connectivity index (χ0v) is 21.5. The monoisotopic (exact) mass is 489 g/mol. The molecular formula is C26H35N9O. The fourth-order valence-corrected chi connectivity index (χ4v) is 4.69. The predicted octanol–water partition coefficient (Wildman–Crippen LogP) is 3.75. The van der Waals surface area contributed by atoms with Crippen molar-refractivity contribution in [2.75, 3.05) is 47.8 Å². The lowest BCUT2D eigenvalue weighted by atomic mass is 10.1. The molecule has 0 radical (unpaired) electrons. The molecule has 3 aromatic heterocycles. The van der Waals surface area contributed by atoms with Gasteiger partial charge in [0.05, 0.1) is 6.04 Å². The first-order valence-corrected chi connectivity index (χ1v) is 12.7. The molecule has 0 spiro atoms. The minimum absolute atomic E-state index is 0.0464. The van der Waals surface area contributed by atoms with Gasteiger partial charge in [-0.15, -0.1) is 0 Å². The summed E-state index contributed by atoms with van der Waals surface area (Å²) in [6, 6.07) is 10.0. The van der Waals surface area contributed by atoms with Crippen LogP contribution in [0.5, 0.6) is 0 Å². The molecule has 0 saturated carbocycles. The Morgan fingerprint density at radius 2 is 1.89 bits per heavy atom. The molecule has 36 heavy (non-hydrogen) atoms. The van der Waals surface area contributed by atoms with E-state index in [4.69, 9.17) is 4.98 Å². The van der Waals surface area contributed by atoms with Crippen molar-refractivity contribution >= 4 is 29.3 Å². The number of hydrogen-bond donors (Lipinski definition) is 3. The lowest BCUT2D eigenvalue weighted by Crippen LogP contribution is -2.57. The van der Waals surface area contributed by atoms with Crippen molar-refractivity contribution < 1.29 is 4.79 Å². The highest BCUT2D eigenvalue weighted by Crippen LogP contribution is 2.24. The number of nitrogens with one attached hydrogen (secondary N) is 3. The predicted molar refractivity (Wildman–Crippen MR) is 142 cm³/mol. The van der Waals surface area contributed by atoms with E-state index >= 15 is 0 Å². The molecule has 2 fully saturated rings. The van der Waals surface area contributed by atoms with E-state index in [0.717, 1.165) is 59.7 Å². The Labute approximate surface area is 212 Å². The van der Waals surface area contributed by atoms with Gasteiger partial charge in [-0.3, -0.25) is 5.10 Å². The van der Waals surface area contributed by atoms with Crippen molar-refractivity contribution in [2.24, 2.45) is 0 Å². The number of aryl methyl sites for hydroxylation is 2. The number of aromatic nitrogens is 4. The summed E-state index contributed by atoms with van der Waals surface area (Å²) in [5.41, 5.74) is 3.11. The Morgan fingerprint density at radius 3 is 2.53 bits per heavy atom. The number of aromatic amines is 1. The molecular weight excluding hydrogens is 454 g/mol. The minimum Gasteiger partial charge on any atom is -0.356 e. The molecule has 10 heteroatoms. The normalized spacial score (nSPS) is 18.6. The maximum atomic E-state index is 13.1. The molecule has 190 valence electrons. The van der Waals surface area contributed by atoms with E-state index in [0.29, 0.717) is 13.1 Å². The number of pyridine rings is 2. The van der Waals surface area contributed by atoms with E-state index < -0.39 is 0 Å². The van der Waals surface area contributed by atoms with Crippen LogP contribution in [0.25, 0.3) is 0 Å². The van der Waals surface area contributed by atoms with Gasteiger partial charge in [-0.1, -0.05) is 6.07 Å². The Bertz CT molecular complexity index is 1200. The Morgan fingerprint density at radius 1 is 1.06 bits per heavy atom. The third-order valence-corrected chi connectivity index (χ3v) is 6.92. The SMILES string of the molecule is Cc1cc(Nc2cc(C)[nH]n2)nc(N2CCN(C(=O)N[C@@H](C)c3ccc(N4CCC4)nc3)C(C)C2)c1. The van der Waals surface area contributed by atoms with Gasteiger partial charge in [-0.2, -0.15) is 5.10 Å². The average Bonchev–Trinajstić information content (AvgIpc) is 3.22. The second kappa shape index (κ2) is 10.0. The summed E-state index contributed by atoms with van der Waals surface area (Å²) in [4.78, 5) is 28.9. The summed E-state index contributed by atoms with van der Waals surface area (Å²) >= 11 is 0. The Balaban J connectivity index is 1.19. The molecule has 0 bridgehead atoms. The van der Waals surface area contributed by atoms with Crippen LogP contribution in [-0.2, 0) is 0 Å². The summed E-state index contributed by atoms with van der Waals surface area (Å²) in [5, 5.41) is 13.6. The second-order valence-electron chi connectivity index (χ2n) is 9.90. The van der Waals surface area contributed by atoms with Crippen LogP contribution >= 0.6 is 0 Å². The van der Waals surface area contributed by atoms with Gasteiger partial charge in [0.25, 0.3) is 0 Å². The summed E-state index contributed by atoms with van der Waals surface area (Å²) in [5.74, 6) is 3.41. The quantitative estimate of drug-likeness (QED) is 0.484. The van der Waals surface area contributed by atoms with Crippen molar-refractivity contribution in [3.05, 3.63) is 53.3 Å². The zero-order chi connectivity index (χ0) is 25.2. The Kier molecular flexibility index (Phi) is 6.67. The molecule has 1 unspecified atom stereocenters. The minimum atomic E-state index is -0.113. The van der Waals surface area contributed by atoms with Gasteiger partial charge in [0.2, 0.25) is 0 Å². The number of anilines is 4. The number of carbonyl (C=O) groups excluding carboxylic acids is 1. The molecule has 0 aromatic carbocycles. The fourth-order valence-electron chi connectivity index (χ4n) is 4.69. The number of nitrogens with zero attached hydrogens (tertiary/aromatic N) is 6. The number of amides is 2. The third kappa shape index (κ3) is 5.22. The average molecular weight is 490 g/mol. The van der Waals surface area contributed by atoms with Crippen LogP contribution < -0.4 is 20.4 Å². The van der Waals surface area contributed by atoms with E-state index in [1.54, 1.807) is 0 Å². The lowest BCUT2D eigenvalue weighted by Gasteiger charge is -2.41. The smallest absolute Gasteiger partial charge is 0.318 e. The maximum Gasteiger partial charge on any atom is 0.318 e. The van der Waals surface area contributed by atoms with Crippen LogP contribution in [-0.4, -0.2) is 69.9 Å². The van der Waals surface area contributed by atoms with Crippen LogP contribution in [0, 0.1) is 13.8 Å². The third-order valence-electron chi connectivity index (χ3n) is 6.92. The van der Waals surface area contributed by atoms with E-state index in [2.05, 4.69) is 61.6 Å². The van der Waals surface area contributed by atoms with Crippen LogP contribution in [0.15, 0.2) is 36.5 Å². The van der Waals surface area contributed by atoms with Crippen molar-refractivity contribution in [2.45, 2.75) is 46.2 Å². The first kappa shape index (κ1) is 23.9. The summed E-state index contributed by atoms with van der Waals surface area (Å²) < 4.78 is 0. The molecule has 5 heterocycles. The molecule has 2 atom stereocenters. The van der Waals surface area contributed by atoms with E-state index in [9.17, 15) is 4.79 Å². The maximum absolute atomic E-state index is 13.1. The van der Waals surface area contributed by atoms with Crippen LogP contribution in [0.2, 0.25) is 0 Å². The van der Waals surface area contributed by atoms with Gasteiger partial charge in [0.1, 0.15) is 17.5 Å². The number of H-pyrrole nitrogens is 1. The number of piperazine rings is 1. The Hall–Kier alpha value is -3.82. The molecule has 3 N–H and O–H groups in total. The van der Waals surface area contributed by atoms with Gasteiger partial charge < -0.3 is 25.3 Å². The van der Waals surface area contributed by atoms with Gasteiger partial charge >= 0.3 is 6.03 Å². The summed E-state index contributed by atoms with van der Waals surface area (Å²) in [6.45, 7) is 12.3. The first-order valence-electron chi connectivity index (χ1n) is 12.7. The number of carbonyl (C=O) groups is 1. The van der Waals surface area contributed by atoms with Gasteiger partial charge in [-0.25, -0.2) is 14.8 Å². The van der Waals surface area contributed by atoms with Gasteiger partial charge in [0.15, 0.2) is 5.82 Å². The number of hydrogen-bond acceptors (Lipinski definition) is 7. The lowest BCUT2D eigenvalue weighted by molar-refractivity contribution is 0.168. The summed E-state index contributed by atoms with van der Waals surface area (Å²) in [7, 11) is 0. The molecule has 0 aliphatic carbocycles. The molecule has 10 nitrogen and oxygen atoms in total. The highest BCUT2D eigenvalue weighted by Gasteiger charge is 2.29. The number of rotatable bonds is 6. The highest BCUT2D eigenvalue weighted by atomic mass is 16.2. The summed E-state index contributed by atoms with van der Waals surface area (Å²) in [6.07, 6.45) is 3.10. The topological polar surface area (TPSA) is 105 Å².